The third-order valence-electron chi connectivity index (χ3n) is 4.45. The average Bonchev–Trinajstić information content (AvgIpc) is 3.13. The maximum Gasteiger partial charge on any atom is 0.137 e. The van der Waals surface area contributed by atoms with E-state index >= 15 is 0 Å². The van der Waals surface area contributed by atoms with Gasteiger partial charge >= 0.3 is 0 Å². The summed E-state index contributed by atoms with van der Waals surface area (Å²) in [6, 6.07) is 6.85. The van der Waals surface area contributed by atoms with E-state index in [1.165, 1.54) is 35.2 Å². The van der Waals surface area contributed by atoms with Gasteiger partial charge in [0, 0.05) is 23.7 Å². The molecule has 3 aromatic rings. The van der Waals surface area contributed by atoms with Gasteiger partial charge in [0.25, 0.3) is 0 Å². The highest BCUT2D eigenvalue weighted by Crippen LogP contribution is 2.39. The monoisotopic (exact) mass is 376 g/mol. The Kier molecular flexibility index (Phi) is 5.33. The summed E-state index contributed by atoms with van der Waals surface area (Å²) in [5.41, 5.74) is -0.946. The molecule has 2 atom stereocenters. The molecule has 2 heterocycles. The Labute approximate surface area is 154 Å². The first kappa shape index (κ1) is 18.5. The van der Waals surface area contributed by atoms with Gasteiger partial charge in [-0.1, -0.05) is 19.1 Å². The minimum atomic E-state index is -1.67. The van der Waals surface area contributed by atoms with Crippen molar-refractivity contribution in [3.8, 4) is 0 Å². The van der Waals surface area contributed by atoms with Gasteiger partial charge in [0.05, 0.1) is 11.6 Å². The lowest BCUT2D eigenvalue weighted by atomic mass is 9.78. The minimum absolute atomic E-state index is 0.00385. The lowest BCUT2D eigenvalue weighted by Gasteiger charge is -2.35. The molecule has 0 fully saturated rings. The molecule has 0 aliphatic carbocycles. The molecule has 26 heavy (non-hydrogen) atoms. The fourth-order valence-electron chi connectivity index (χ4n) is 2.90. The van der Waals surface area contributed by atoms with Gasteiger partial charge < -0.3 is 5.11 Å². The fourth-order valence-corrected chi connectivity index (χ4v) is 3.26. The van der Waals surface area contributed by atoms with Crippen molar-refractivity contribution < 1.29 is 13.9 Å². The second-order valence-corrected chi connectivity index (χ2v) is 6.82. The zero-order valence-corrected chi connectivity index (χ0v) is 15.1. The van der Waals surface area contributed by atoms with Crippen molar-refractivity contribution in [3.05, 3.63) is 71.9 Å². The van der Waals surface area contributed by atoms with E-state index in [9.17, 15) is 13.9 Å². The van der Waals surface area contributed by atoms with Crippen LogP contribution in [0, 0.1) is 11.6 Å². The van der Waals surface area contributed by atoms with E-state index in [1.807, 2.05) is 18.4 Å². The first-order valence-corrected chi connectivity index (χ1v) is 9.17. The molecule has 0 bridgehead atoms. The largest absolute Gasteiger partial charge is 0.382 e. The maximum atomic E-state index is 14.5. The Balaban J connectivity index is 2.06. The molecule has 0 saturated carbocycles. The number of aromatic nitrogens is 4. The van der Waals surface area contributed by atoms with Gasteiger partial charge in [-0.25, -0.2) is 23.4 Å². The molecule has 136 valence electrons. The lowest BCUT2D eigenvalue weighted by Crippen LogP contribution is -2.38. The molecule has 0 aliphatic rings. The molecular weight excluding hydrogens is 358 g/mol. The highest BCUT2D eigenvalue weighted by atomic mass is 32.2. The molecule has 0 amide bonds. The van der Waals surface area contributed by atoms with E-state index in [0.29, 0.717) is 0 Å². The summed E-state index contributed by atoms with van der Waals surface area (Å²) in [5, 5.41) is 16.3. The average molecular weight is 376 g/mol. The van der Waals surface area contributed by atoms with Gasteiger partial charge in [-0.2, -0.15) is 5.10 Å². The molecular formula is C18H18F2N4OS. The molecule has 0 aliphatic heterocycles. The molecule has 1 aromatic carbocycles. The second-order valence-electron chi connectivity index (χ2n) is 6.00. The van der Waals surface area contributed by atoms with Gasteiger partial charge in [0.15, 0.2) is 0 Å². The summed E-state index contributed by atoms with van der Waals surface area (Å²) in [7, 11) is 0. The molecule has 0 saturated heterocycles. The van der Waals surface area contributed by atoms with Crippen molar-refractivity contribution in [1.82, 2.24) is 19.7 Å². The smallest absolute Gasteiger partial charge is 0.137 e. The fraction of sp³-hybridized carbons (Fsp3) is 0.278. The number of pyridine rings is 1. The van der Waals surface area contributed by atoms with E-state index in [4.69, 9.17) is 0 Å². The number of aliphatic hydroxyl groups is 1. The second kappa shape index (κ2) is 7.51. The van der Waals surface area contributed by atoms with Crippen LogP contribution in [0.25, 0.3) is 0 Å². The van der Waals surface area contributed by atoms with E-state index in [2.05, 4.69) is 15.1 Å². The number of thioether (sulfide) groups is 1. The summed E-state index contributed by atoms with van der Waals surface area (Å²) in [6.45, 7) is 1.73. The van der Waals surface area contributed by atoms with Crippen molar-refractivity contribution in [2.24, 2.45) is 0 Å². The first-order chi connectivity index (χ1) is 12.4. The number of hydrogen-bond acceptors (Lipinski definition) is 5. The topological polar surface area (TPSA) is 63.8 Å². The van der Waals surface area contributed by atoms with Crippen LogP contribution in [0.1, 0.15) is 24.0 Å². The predicted molar refractivity (Wildman–Crippen MR) is 94.7 cm³/mol. The van der Waals surface area contributed by atoms with Gasteiger partial charge in [0.1, 0.15) is 29.9 Å². The summed E-state index contributed by atoms with van der Waals surface area (Å²) < 4.78 is 29.3. The summed E-state index contributed by atoms with van der Waals surface area (Å²) in [5.74, 6) is -2.05. The molecule has 0 radical (unpaired) electrons. The highest BCUT2D eigenvalue weighted by Gasteiger charge is 2.40. The summed E-state index contributed by atoms with van der Waals surface area (Å²) in [6.07, 6.45) is 6.35. The van der Waals surface area contributed by atoms with Crippen molar-refractivity contribution >= 4 is 11.8 Å². The van der Waals surface area contributed by atoms with Crippen LogP contribution in [-0.4, -0.2) is 31.1 Å². The quantitative estimate of drug-likeness (QED) is 0.669. The number of halogens is 2. The molecule has 3 rings (SSSR count). The Bertz CT molecular complexity index is 873. The van der Waals surface area contributed by atoms with Crippen molar-refractivity contribution in [2.45, 2.75) is 30.0 Å². The lowest BCUT2D eigenvalue weighted by molar-refractivity contribution is -0.0113. The van der Waals surface area contributed by atoms with Crippen LogP contribution in [-0.2, 0) is 12.1 Å². The maximum absolute atomic E-state index is 14.5. The van der Waals surface area contributed by atoms with Crippen LogP contribution in [0.2, 0.25) is 0 Å². The minimum Gasteiger partial charge on any atom is -0.382 e. The Morgan fingerprint density at radius 2 is 2.08 bits per heavy atom. The van der Waals surface area contributed by atoms with Gasteiger partial charge in [0.2, 0.25) is 0 Å². The number of benzene rings is 1. The van der Waals surface area contributed by atoms with E-state index in [1.54, 1.807) is 13.1 Å². The zero-order valence-electron chi connectivity index (χ0n) is 14.3. The Morgan fingerprint density at radius 1 is 1.27 bits per heavy atom. The van der Waals surface area contributed by atoms with Crippen LogP contribution in [0.5, 0.6) is 0 Å². The van der Waals surface area contributed by atoms with Crippen LogP contribution in [0.3, 0.4) is 0 Å². The zero-order chi connectivity index (χ0) is 18.7. The molecule has 0 spiro atoms. The Morgan fingerprint density at radius 3 is 2.65 bits per heavy atom. The summed E-state index contributed by atoms with van der Waals surface area (Å²) in [4.78, 5) is 8.19. The van der Waals surface area contributed by atoms with E-state index < -0.39 is 23.2 Å². The standard InChI is InChI=1S/C18H18F2N4OS/c1-12(13-3-6-17(26-2)22-8-13)18(25,9-24-11-21-10-23-24)15-5-4-14(19)7-16(15)20/h3-8,10-12,25H,9H2,1-2H3/t12-,18+/m1/s1. The SMILES string of the molecule is CSc1ccc([C@@H](C)[C@@](O)(Cn2cncn2)c2ccc(F)cc2F)cn1. The molecule has 1 N–H and O–H groups in total. The number of nitrogens with zero attached hydrogens (tertiary/aromatic N) is 4. The van der Waals surface area contributed by atoms with Crippen molar-refractivity contribution in [1.29, 1.82) is 0 Å². The van der Waals surface area contributed by atoms with E-state index in [-0.39, 0.29) is 12.1 Å². The van der Waals surface area contributed by atoms with Crippen LogP contribution >= 0.6 is 11.8 Å². The Hall–Kier alpha value is -2.32. The highest BCUT2D eigenvalue weighted by molar-refractivity contribution is 7.98. The first-order valence-electron chi connectivity index (χ1n) is 7.94. The molecule has 2 aromatic heterocycles. The van der Waals surface area contributed by atoms with Crippen LogP contribution < -0.4 is 0 Å². The molecule has 8 heteroatoms. The van der Waals surface area contributed by atoms with Crippen molar-refractivity contribution in [3.63, 3.8) is 0 Å². The van der Waals surface area contributed by atoms with Crippen LogP contribution in [0.4, 0.5) is 8.78 Å². The third-order valence-corrected chi connectivity index (χ3v) is 5.11. The number of hydrogen-bond donors (Lipinski definition) is 1. The third kappa shape index (κ3) is 3.61. The van der Waals surface area contributed by atoms with E-state index in [0.717, 1.165) is 22.7 Å². The van der Waals surface area contributed by atoms with Gasteiger partial charge in [-0.15, -0.1) is 11.8 Å². The summed E-state index contributed by atoms with van der Waals surface area (Å²) >= 11 is 1.50. The van der Waals surface area contributed by atoms with Crippen molar-refractivity contribution in [2.75, 3.05) is 6.26 Å². The normalized spacial score (nSPS) is 14.8. The van der Waals surface area contributed by atoms with Crippen LogP contribution in [0.15, 0.2) is 54.2 Å². The number of rotatable bonds is 6. The van der Waals surface area contributed by atoms with Gasteiger partial charge in [-0.05, 0) is 24.0 Å². The van der Waals surface area contributed by atoms with Gasteiger partial charge in [-0.3, -0.25) is 0 Å². The predicted octanol–water partition coefficient (Wildman–Crippen LogP) is 3.36. The molecule has 5 nitrogen and oxygen atoms in total. The molecule has 0 unspecified atom stereocenters.